The topological polar surface area (TPSA) is 60.5 Å². The van der Waals surface area contributed by atoms with Crippen molar-refractivity contribution in [1.29, 1.82) is 0 Å². The van der Waals surface area contributed by atoms with Crippen molar-refractivity contribution in [3.05, 3.63) is 63.5 Å². The highest BCUT2D eigenvalue weighted by Crippen LogP contribution is 2.33. The number of anilines is 1. The number of carbonyl (C=O) groups excluding carboxylic acids is 1. The summed E-state index contributed by atoms with van der Waals surface area (Å²) in [4.78, 5) is 16.5. The van der Waals surface area contributed by atoms with Crippen LogP contribution in [0.4, 0.5) is 5.13 Å². The first kappa shape index (κ1) is 17.9. The average Bonchev–Trinajstić information content (AvgIpc) is 3.29. The molecule has 3 aromatic rings. The Morgan fingerprint density at radius 3 is 2.85 bits per heavy atom. The highest BCUT2D eigenvalue weighted by atomic mass is 35.5. The number of nitrogens with one attached hydrogen (secondary N) is 1. The minimum absolute atomic E-state index is 0.215. The largest absolute Gasteiger partial charge is 0.454 e. The number of benzene rings is 2. The lowest BCUT2D eigenvalue weighted by Crippen LogP contribution is -2.07. The second kappa shape index (κ2) is 7.60. The number of thiazole rings is 1. The normalized spacial score (nSPS) is 12.5. The number of aromatic nitrogens is 1. The summed E-state index contributed by atoms with van der Waals surface area (Å²) in [7, 11) is 0. The van der Waals surface area contributed by atoms with Crippen molar-refractivity contribution in [3.8, 4) is 22.8 Å². The smallest absolute Gasteiger partial charge is 0.250 e. The van der Waals surface area contributed by atoms with Crippen LogP contribution in [-0.2, 0) is 4.79 Å². The van der Waals surface area contributed by atoms with Crippen LogP contribution in [0.15, 0.2) is 47.9 Å². The van der Waals surface area contributed by atoms with Gasteiger partial charge in [0, 0.05) is 22.0 Å². The number of amides is 1. The SMILES string of the molecule is O=C(C=Cc1ccc2c(c1)OCO2)Nc1nc(-c2ccc(Cl)cc2Cl)cs1. The Bertz CT molecular complexity index is 1050. The molecule has 136 valence electrons. The zero-order chi connectivity index (χ0) is 18.8. The Labute approximate surface area is 169 Å². The van der Waals surface area contributed by atoms with Crippen molar-refractivity contribution in [3.63, 3.8) is 0 Å². The third-order valence-electron chi connectivity index (χ3n) is 3.77. The van der Waals surface area contributed by atoms with Crippen LogP contribution in [0, 0.1) is 0 Å². The van der Waals surface area contributed by atoms with Gasteiger partial charge < -0.3 is 9.47 Å². The summed E-state index contributed by atoms with van der Waals surface area (Å²) in [6, 6.07) is 10.7. The van der Waals surface area contributed by atoms with Crippen LogP contribution in [0.1, 0.15) is 5.56 Å². The minimum Gasteiger partial charge on any atom is -0.454 e. The fraction of sp³-hybridized carbons (Fsp3) is 0.0526. The number of fused-ring (bicyclic) bond motifs is 1. The maximum atomic E-state index is 12.1. The van der Waals surface area contributed by atoms with Gasteiger partial charge in [0.25, 0.3) is 0 Å². The lowest BCUT2D eigenvalue weighted by atomic mass is 10.2. The van der Waals surface area contributed by atoms with E-state index in [2.05, 4.69) is 10.3 Å². The maximum Gasteiger partial charge on any atom is 0.250 e. The maximum absolute atomic E-state index is 12.1. The summed E-state index contributed by atoms with van der Waals surface area (Å²) in [5, 5.41) is 6.11. The summed E-state index contributed by atoms with van der Waals surface area (Å²) in [5.74, 6) is 1.09. The van der Waals surface area contributed by atoms with E-state index >= 15 is 0 Å². The summed E-state index contributed by atoms with van der Waals surface area (Å²) in [6.45, 7) is 0.215. The second-order valence-corrected chi connectivity index (χ2v) is 7.30. The molecule has 5 nitrogen and oxygen atoms in total. The zero-order valence-corrected chi connectivity index (χ0v) is 16.1. The van der Waals surface area contributed by atoms with Gasteiger partial charge in [-0.2, -0.15) is 0 Å². The van der Waals surface area contributed by atoms with Crippen LogP contribution in [0.3, 0.4) is 0 Å². The summed E-state index contributed by atoms with van der Waals surface area (Å²) in [6.07, 6.45) is 3.13. The highest BCUT2D eigenvalue weighted by Gasteiger charge is 2.13. The van der Waals surface area contributed by atoms with Gasteiger partial charge in [-0.15, -0.1) is 11.3 Å². The zero-order valence-electron chi connectivity index (χ0n) is 13.7. The molecule has 0 bridgehead atoms. The molecule has 0 saturated carbocycles. The molecule has 1 aliphatic rings. The van der Waals surface area contributed by atoms with E-state index in [0.717, 1.165) is 11.1 Å². The van der Waals surface area contributed by atoms with Crippen molar-refractivity contribution in [2.75, 3.05) is 12.1 Å². The molecule has 0 aliphatic carbocycles. The Morgan fingerprint density at radius 1 is 1.15 bits per heavy atom. The van der Waals surface area contributed by atoms with Gasteiger partial charge in [0.2, 0.25) is 12.7 Å². The minimum atomic E-state index is -0.282. The fourth-order valence-corrected chi connectivity index (χ4v) is 3.71. The summed E-state index contributed by atoms with van der Waals surface area (Å²) >= 11 is 13.4. The van der Waals surface area contributed by atoms with Crippen LogP contribution >= 0.6 is 34.5 Å². The van der Waals surface area contributed by atoms with Crippen molar-refractivity contribution in [1.82, 2.24) is 4.98 Å². The Kier molecular flexibility index (Phi) is 5.03. The number of ether oxygens (including phenoxy) is 2. The molecule has 4 rings (SSSR count). The standard InChI is InChI=1S/C19H12Cl2N2O3S/c20-12-3-4-13(14(21)8-12)15-9-27-19(22-15)23-18(24)6-2-11-1-5-16-17(7-11)26-10-25-16/h1-9H,10H2,(H,22,23,24). The monoisotopic (exact) mass is 418 g/mol. The quantitative estimate of drug-likeness (QED) is 0.568. The number of carbonyl (C=O) groups is 1. The van der Waals surface area contributed by atoms with Crippen LogP contribution in [0.5, 0.6) is 11.5 Å². The van der Waals surface area contributed by atoms with Gasteiger partial charge in [-0.25, -0.2) is 4.98 Å². The molecule has 1 N–H and O–H groups in total. The van der Waals surface area contributed by atoms with Gasteiger partial charge in [0.15, 0.2) is 16.6 Å². The first-order valence-electron chi connectivity index (χ1n) is 7.88. The third-order valence-corrected chi connectivity index (χ3v) is 5.07. The van der Waals surface area contributed by atoms with Crippen molar-refractivity contribution < 1.29 is 14.3 Å². The van der Waals surface area contributed by atoms with Crippen molar-refractivity contribution >= 4 is 51.7 Å². The number of nitrogens with zero attached hydrogens (tertiary/aromatic N) is 1. The van der Waals surface area contributed by atoms with E-state index in [-0.39, 0.29) is 12.7 Å². The lowest BCUT2D eigenvalue weighted by molar-refractivity contribution is -0.111. The van der Waals surface area contributed by atoms with E-state index in [1.54, 1.807) is 24.3 Å². The van der Waals surface area contributed by atoms with E-state index in [1.165, 1.54) is 17.4 Å². The van der Waals surface area contributed by atoms with Crippen LogP contribution in [0.2, 0.25) is 10.0 Å². The number of hydrogen-bond acceptors (Lipinski definition) is 5. The van der Waals surface area contributed by atoms with Crippen molar-refractivity contribution in [2.45, 2.75) is 0 Å². The number of halogens is 2. The van der Waals surface area contributed by atoms with E-state index in [9.17, 15) is 4.79 Å². The van der Waals surface area contributed by atoms with E-state index in [1.807, 2.05) is 23.6 Å². The van der Waals surface area contributed by atoms with Gasteiger partial charge in [-0.05, 0) is 42.0 Å². The lowest BCUT2D eigenvalue weighted by Gasteiger charge is -2.01. The number of rotatable bonds is 4. The molecule has 2 heterocycles. The van der Waals surface area contributed by atoms with Crippen LogP contribution < -0.4 is 14.8 Å². The molecule has 8 heteroatoms. The average molecular weight is 419 g/mol. The molecule has 2 aromatic carbocycles. The second-order valence-electron chi connectivity index (χ2n) is 5.60. The Balaban J connectivity index is 1.43. The predicted octanol–water partition coefficient (Wildman–Crippen LogP) is 5.50. The van der Waals surface area contributed by atoms with Crippen molar-refractivity contribution in [2.24, 2.45) is 0 Å². The van der Waals surface area contributed by atoms with Gasteiger partial charge in [-0.1, -0.05) is 29.3 Å². The molecule has 0 spiro atoms. The molecule has 0 atom stereocenters. The first-order chi connectivity index (χ1) is 13.1. The van der Waals surface area contributed by atoms with E-state index in [4.69, 9.17) is 32.7 Å². The number of hydrogen-bond donors (Lipinski definition) is 1. The van der Waals surface area contributed by atoms with Gasteiger partial charge >= 0.3 is 0 Å². The summed E-state index contributed by atoms with van der Waals surface area (Å²) < 4.78 is 10.6. The molecule has 0 fully saturated rings. The molecule has 1 amide bonds. The Hall–Kier alpha value is -2.54. The van der Waals surface area contributed by atoms with Crippen LogP contribution in [0.25, 0.3) is 17.3 Å². The molecule has 0 saturated heterocycles. The van der Waals surface area contributed by atoms with Gasteiger partial charge in [-0.3, -0.25) is 10.1 Å². The molecular formula is C19H12Cl2N2O3S. The Morgan fingerprint density at radius 2 is 2.00 bits per heavy atom. The molecular weight excluding hydrogens is 407 g/mol. The van der Waals surface area contributed by atoms with Gasteiger partial charge in [0.05, 0.1) is 10.7 Å². The molecule has 1 aromatic heterocycles. The molecule has 0 unspecified atom stereocenters. The molecule has 0 radical (unpaired) electrons. The van der Waals surface area contributed by atoms with Crippen LogP contribution in [-0.4, -0.2) is 17.7 Å². The first-order valence-corrected chi connectivity index (χ1v) is 9.52. The third kappa shape index (κ3) is 4.08. The van der Waals surface area contributed by atoms with E-state index in [0.29, 0.717) is 32.4 Å². The summed E-state index contributed by atoms with van der Waals surface area (Å²) in [5.41, 5.74) is 2.27. The molecule has 27 heavy (non-hydrogen) atoms. The fourth-order valence-electron chi connectivity index (χ4n) is 2.49. The predicted molar refractivity (Wildman–Crippen MR) is 108 cm³/mol. The van der Waals surface area contributed by atoms with Gasteiger partial charge in [0.1, 0.15) is 0 Å². The highest BCUT2D eigenvalue weighted by molar-refractivity contribution is 7.14. The molecule has 1 aliphatic heterocycles. The van der Waals surface area contributed by atoms with E-state index < -0.39 is 0 Å².